The molecule has 1 amide bonds. The Labute approximate surface area is 93.1 Å². The smallest absolute Gasteiger partial charge is 0.221 e. The number of hydrogen-bond acceptors (Lipinski definition) is 2. The van der Waals surface area contributed by atoms with Gasteiger partial charge in [0.25, 0.3) is 0 Å². The summed E-state index contributed by atoms with van der Waals surface area (Å²) in [5.41, 5.74) is 9.51. The molecule has 0 fully saturated rings. The number of rotatable bonds is 2. The number of hydrogen-bond donors (Lipinski definition) is 1. The molecular formula is C11H10N4O. The van der Waals surface area contributed by atoms with E-state index in [1.54, 1.807) is 18.2 Å². The zero-order chi connectivity index (χ0) is 11.8. The largest absolute Gasteiger partial charge is 0.326 e. The van der Waals surface area contributed by atoms with E-state index in [-0.39, 0.29) is 12.5 Å². The number of benzene rings is 1. The summed E-state index contributed by atoms with van der Waals surface area (Å²) in [6, 6.07) is 7.14. The third kappa shape index (κ3) is 4.18. The molecule has 0 bridgehead atoms. The second-order valence-corrected chi connectivity index (χ2v) is 2.95. The highest BCUT2D eigenvalue weighted by Crippen LogP contribution is 2.09. The van der Waals surface area contributed by atoms with Gasteiger partial charge in [0.05, 0.1) is 6.54 Å². The van der Waals surface area contributed by atoms with Crippen molar-refractivity contribution in [3.8, 4) is 11.8 Å². The number of amides is 1. The van der Waals surface area contributed by atoms with Crippen LogP contribution in [0.25, 0.3) is 10.4 Å². The van der Waals surface area contributed by atoms with E-state index in [2.05, 4.69) is 27.2 Å². The zero-order valence-corrected chi connectivity index (χ0v) is 8.77. The SMILES string of the molecule is CC(=O)Nc1cccc(C#CCN=[N+]=[N-])c1. The molecule has 1 aromatic carbocycles. The number of carbonyl (C=O) groups is 1. The summed E-state index contributed by atoms with van der Waals surface area (Å²) in [6.07, 6.45) is 0. The van der Waals surface area contributed by atoms with Crippen molar-refractivity contribution in [1.29, 1.82) is 0 Å². The summed E-state index contributed by atoms with van der Waals surface area (Å²) in [7, 11) is 0. The van der Waals surface area contributed by atoms with Crippen LogP contribution in [0, 0.1) is 11.8 Å². The highest BCUT2D eigenvalue weighted by Gasteiger charge is 1.94. The van der Waals surface area contributed by atoms with Gasteiger partial charge in [-0.15, -0.1) is 0 Å². The van der Waals surface area contributed by atoms with E-state index in [4.69, 9.17) is 5.53 Å². The number of anilines is 1. The van der Waals surface area contributed by atoms with Crippen LogP contribution in [0.5, 0.6) is 0 Å². The lowest BCUT2D eigenvalue weighted by Crippen LogP contribution is -2.05. The van der Waals surface area contributed by atoms with E-state index in [9.17, 15) is 4.79 Å². The fraction of sp³-hybridized carbons (Fsp3) is 0.182. The van der Waals surface area contributed by atoms with Gasteiger partial charge in [-0.05, 0) is 23.7 Å². The lowest BCUT2D eigenvalue weighted by atomic mass is 10.2. The highest BCUT2D eigenvalue weighted by molar-refractivity contribution is 5.88. The first-order valence-corrected chi connectivity index (χ1v) is 4.60. The summed E-state index contributed by atoms with van der Waals surface area (Å²) in [5, 5.41) is 5.95. The average molecular weight is 214 g/mol. The Morgan fingerprint density at radius 3 is 3.12 bits per heavy atom. The predicted molar refractivity (Wildman–Crippen MR) is 61.6 cm³/mol. The third-order valence-corrected chi connectivity index (χ3v) is 1.63. The molecule has 0 aliphatic heterocycles. The van der Waals surface area contributed by atoms with Crippen molar-refractivity contribution in [1.82, 2.24) is 0 Å². The maximum absolute atomic E-state index is 10.8. The predicted octanol–water partition coefficient (Wildman–Crippen LogP) is 2.31. The molecule has 1 aromatic rings. The van der Waals surface area contributed by atoms with Gasteiger partial charge in [-0.2, -0.15) is 0 Å². The van der Waals surface area contributed by atoms with Crippen molar-refractivity contribution in [2.75, 3.05) is 11.9 Å². The number of nitrogens with zero attached hydrogens (tertiary/aromatic N) is 3. The summed E-state index contributed by atoms with van der Waals surface area (Å²) in [6.45, 7) is 1.58. The molecule has 16 heavy (non-hydrogen) atoms. The minimum atomic E-state index is -0.126. The molecule has 0 unspecified atom stereocenters. The van der Waals surface area contributed by atoms with Crippen molar-refractivity contribution >= 4 is 11.6 Å². The molecule has 0 saturated carbocycles. The first kappa shape index (κ1) is 11.6. The van der Waals surface area contributed by atoms with Crippen molar-refractivity contribution in [3.05, 3.63) is 40.3 Å². The van der Waals surface area contributed by atoms with Crippen LogP contribution in [0.1, 0.15) is 12.5 Å². The standard InChI is InChI=1S/C11H10N4O/c1-9(16)14-11-6-2-4-10(8-11)5-3-7-13-15-12/h2,4,6,8H,7H2,1H3,(H,14,16). The fourth-order valence-electron chi connectivity index (χ4n) is 1.09. The molecule has 0 radical (unpaired) electrons. The molecule has 0 heterocycles. The van der Waals surface area contributed by atoms with Gasteiger partial charge in [-0.3, -0.25) is 4.79 Å². The minimum absolute atomic E-state index is 0.126. The lowest BCUT2D eigenvalue weighted by molar-refractivity contribution is -0.114. The van der Waals surface area contributed by atoms with Gasteiger partial charge in [0, 0.05) is 23.1 Å². The molecule has 0 aromatic heterocycles. The molecule has 0 spiro atoms. The van der Waals surface area contributed by atoms with E-state index < -0.39 is 0 Å². The first-order valence-electron chi connectivity index (χ1n) is 4.60. The van der Waals surface area contributed by atoms with Crippen LogP contribution >= 0.6 is 0 Å². The van der Waals surface area contributed by atoms with E-state index in [1.807, 2.05) is 6.07 Å². The topological polar surface area (TPSA) is 77.9 Å². The Morgan fingerprint density at radius 1 is 1.62 bits per heavy atom. The fourth-order valence-corrected chi connectivity index (χ4v) is 1.09. The molecule has 0 atom stereocenters. The van der Waals surface area contributed by atoms with E-state index in [0.717, 1.165) is 5.56 Å². The number of azide groups is 1. The van der Waals surface area contributed by atoms with Gasteiger partial charge < -0.3 is 5.32 Å². The summed E-state index contributed by atoms with van der Waals surface area (Å²) in [5.74, 6) is 5.40. The van der Waals surface area contributed by atoms with Gasteiger partial charge in [0.2, 0.25) is 5.91 Å². The number of nitrogens with one attached hydrogen (secondary N) is 1. The second-order valence-electron chi connectivity index (χ2n) is 2.95. The van der Waals surface area contributed by atoms with Crippen LogP contribution in [0.3, 0.4) is 0 Å². The monoisotopic (exact) mass is 214 g/mol. The Bertz CT molecular complexity index is 492. The summed E-state index contributed by atoms with van der Waals surface area (Å²) >= 11 is 0. The molecule has 5 nitrogen and oxygen atoms in total. The molecule has 5 heteroatoms. The minimum Gasteiger partial charge on any atom is -0.326 e. The first-order chi connectivity index (χ1) is 7.72. The van der Waals surface area contributed by atoms with Crippen LogP contribution in [-0.4, -0.2) is 12.5 Å². The van der Waals surface area contributed by atoms with Crippen molar-refractivity contribution in [3.63, 3.8) is 0 Å². The van der Waals surface area contributed by atoms with Crippen LogP contribution in [0.4, 0.5) is 5.69 Å². The highest BCUT2D eigenvalue weighted by atomic mass is 16.1. The maximum Gasteiger partial charge on any atom is 0.221 e. The van der Waals surface area contributed by atoms with E-state index >= 15 is 0 Å². The summed E-state index contributed by atoms with van der Waals surface area (Å²) < 4.78 is 0. The molecule has 1 rings (SSSR count). The molecule has 0 saturated heterocycles. The number of carbonyl (C=O) groups excluding carboxylic acids is 1. The van der Waals surface area contributed by atoms with Crippen LogP contribution in [0.15, 0.2) is 29.4 Å². The maximum atomic E-state index is 10.8. The van der Waals surface area contributed by atoms with Gasteiger partial charge in [-0.25, -0.2) is 0 Å². The van der Waals surface area contributed by atoms with Gasteiger partial charge >= 0.3 is 0 Å². The molecule has 0 aliphatic carbocycles. The Hall–Kier alpha value is -2.44. The Balaban J connectivity index is 2.76. The lowest BCUT2D eigenvalue weighted by Gasteiger charge is -2.01. The van der Waals surface area contributed by atoms with Gasteiger partial charge in [0.15, 0.2) is 0 Å². The Morgan fingerprint density at radius 2 is 2.44 bits per heavy atom. The van der Waals surface area contributed by atoms with Crippen LogP contribution in [0.2, 0.25) is 0 Å². The summed E-state index contributed by atoms with van der Waals surface area (Å²) in [4.78, 5) is 13.4. The third-order valence-electron chi connectivity index (χ3n) is 1.63. The van der Waals surface area contributed by atoms with E-state index in [1.165, 1.54) is 6.92 Å². The quantitative estimate of drug-likeness (QED) is 0.348. The van der Waals surface area contributed by atoms with Gasteiger partial charge in [-0.1, -0.05) is 23.0 Å². The molecule has 1 N–H and O–H groups in total. The molecule has 0 aliphatic rings. The van der Waals surface area contributed by atoms with Gasteiger partial charge in [0.1, 0.15) is 0 Å². The van der Waals surface area contributed by atoms with Crippen molar-refractivity contribution < 1.29 is 4.79 Å². The second kappa shape index (κ2) is 6.12. The van der Waals surface area contributed by atoms with Crippen LogP contribution in [-0.2, 0) is 4.79 Å². The van der Waals surface area contributed by atoms with Crippen LogP contribution < -0.4 is 5.32 Å². The van der Waals surface area contributed by atoms with Crippen molar-refractivity contribution in [2.45, 2.75) is 6.92 Å². The average Bonchev–Trinajstić information content (AvgIpc) is 2.24. The molecule has 80 valence electrons. The Kier molecular flexibility index (Phi) is 4.45. The van der Waals surface area contributed by atoms with E-state index in [0.29, 0.717) is 5.69 Å². The van der Waals surface area contributed by atoms with Crippen molar-refractivity contribution in [2.24, 2.45) is 5.11 Å². The molecular weight excluding hydrogens is 204 g/mol. The normalized spacial score (nSPS) is 8.31. The zero-order valence-electron chi connectivity index (χ0n) is 8.77.